The molecule has 72 valence electrons. The fraction of sp³-hybridized carbons (Fsp3) is 0.231. The Morgan fingerprint density at radius 3 is 2.36 bits per heavy atom. The Bertz CT molecular complexity index is 446. The van der Waals surface area contributed by atoms with Crippen molar-refractivity contribution < 1.29 is 0 Å². The number of benzene rings is 2. The molecule has 2 aromatic rings. The van der Waals surface area contributed by atoms with Gasteiger partial charge < -0.3 is 0 Å². The van der Waals surface area contributed by atoms with Gasteiger partial charge in [0, 0.05) is 5.75 Å². The zero-order chi connectivity index (χ0) is 9.97. The van der Waals surface area contributed by atoms with Gasteiger partial charge in [-0.1, -0.05) is 36.4 Å². The predicted molar refractivity (Wildman–Crippen MR) is 65.9 cm³/mol. The van der Waals surface area contributed by atoms with Crippen LogP contribution in [0.4, 0.5) is 0 Å². The van der Waals surface area contributed by atoms with Gasteiger partial charge in [-0.15, -0.1) is 0 Å². The van der Waals surface area contributed by atoms with E-state index in [1.54, 1.807) is 0 Å². The Morgan fingerprint density at radius 1 is 1.07 bits per heavy atom. The molecule has 0 aliphatic rings. The number of hydrogen-bond donors (Lipinski definition) is 0. The van der Waals surface area contributed by atoms with Crippen molar-refractivity contribution >= 4 is 22.5 Å². The number of aryl methyl sites for hydroxylation is 1. The quantitative estimate of drug-likeness (QED) is 0.709. The second-order valence-electron chi connectivity index (χ2n) is 3.56. The van der Waals surface area contributed by atoms with Gasteiger partial charge in [-0.3, -0.25) is 0 Å². The minimum atomic E-state index is 1.11. The molecule has 0 N–H and O–H groups in total. The highest BCUT2D eigenvalue weighted by Gasteiger charge is 1.99. The van der Waals surface area contributed by atoms with Gasteiger partial charge in [0.15, 0.2) is 0 Å². The topological polar surface area (TPSA) is 0 Å². The van der Waals surface area contributed by atoms with Crippen molar-refractivity contribution in [2.45, 2.75) is 12.7 Å². The van der Waals surface area contributed by atoms with Crippen LogP contribution in [0.15, 0.2) is 36.4 Å². The molecule has 0 amide bonds. The summed E-state index contributed by atoms with van der Waals surface area (Å²) in [7, 11) is 0. The minimum Gasteiger partial charge on any atom is -0.161 e. The molecule has 0 radical (unpaired) electrons. The molecule has 0 nitrogen and oxygen atoms in total. The first-order valence-electron chi connectivity index (χ1n) is 4.78. The van der Waals surface area contributed by atoms with Gasteiger partial charge in [0.2, 0.25) is 0 Å². The van der Waals surface area contributed by atoms with Crippen molar-refractivity contribution in [1.82, 2.24) is 0 Å². The number of fused-ring (bicyclic) bond motifs is 1. The van der Waals surface area contributed by atoms with E-state index in [1.165, 1.54) is 21.9 Å². The SMILES string of the molecule is CSCc1cc2ccccc2cc1C. The smallest absolute Gasteiger partial charge is 0.0184 e. The van der Waals surface area contributed by atoms with Crippen LogP contribution in [-0.2, 0) is 5.75 Å². The van der Waals surface area contributed by atoms with Crippen LogP contribution in [0.3, 0.4) is 0 Å². The van der Waals surface area contributed by atoms with Crippen LogP contribution in [0.2, 0.25) is 0 Å². The lowest BCUT2D eigenvalue weighted by Gasteiger charge is -2.06. The third-order valence-corrected chi connectivity index (χ3v) is 3.10. The summed E-state index contributed by atoms with van der Waals surface area (Å²) in [5.74, 6) is 1.11. The van der Waals surface area contributed by atoms with Gasteiger partial charge in [-0.05, 0) is 35.1 Å². The van der Waals surface area contributed by atoms with Crippen molar-refractivity contribution in [1.29, 1.82) is 0 Å². The lowest BCUT2D eigenvalue weighted by atomic mass is 10.0. The Balaban J connectivity index is 2.59. The van der Waals surface area contributed by atoms with Crippen molar-refractivity contribution in [3.8, 4) is 0 Å². The molecule has 0 spiro atoms. The first kappa shape index (κ1) is 9.60. The molecular weight excluding hydrogens is 188 g/mol. The summed E-state index contributed by atoms with van der Waals surface area (Å²) >= 11 is 1.88. The van der Waals surface area contributed by atoms with E-state index < -0.39 is 0 Å². The van der Waals surface area contributed by atoms with Crippen LogP contribution in [0.5, 0.6) is 0 Å². The highest BCUT2D eigenvalue weighted by molar-refractivity contribution is 7.97. The second kappa shape index (κ2) is 4.05. The minimum absolute atomic E-state index is 1.11. The summed E-state index contributed by atoms with van der Waals surface area (Å²) < 4.78 is 0. The van der Waals surface area contributed by atoms with Crippen LogP contribution in [0, 0.1) is 6.92 Å². The fourth-order valence-electron chi connectivity index (χ4n) is 1.71. The highest BCUT2D eigenvalue weighted by atomic mass is 32.2. The predicted octanol–water partition coefficient (Wildman–Crippen LogP) is 4.01. The van der Waals surface area contributed by atoms with Gasteiger partial charge in [0.05, 0.1) is 0 Å². The average Bonchev–Trinajstić information content (AvgIpc) is 2.19. The van der Waals surface area contributed by atoms with Crippen LogP contribution in [0.1, 0.15) is 11.1 Å². The standard InChI is InChI=1S/C13H14S/c1-10-7-11-5-3-4-6-12(11)8-13(10)9-14-2/h3-8H,9H2,1-2H3. The highest BCUT2D eigenvalue weighted by Crippen LogP contribution is 2.22. The Kier molecular flexibility index (Phi) is 2.78. The first-order chi connectivity index (χ1) is 6.81. The molecule has 0 aliphatic heterocycles. The van der Waals surface area contributed by atoms with Gasteiger partial charge in [0.25, 0.3) is 0 Å². The number of hydrogen-bond acceptors (Lipinski definition) is 1. The van der Waals surface area contributed by atoms with Crippen molar-refractivity contribution in [2.75, 3.05) is 6.26 Å². The van der Waals surface area contributed by atoms with E-state index in [2.05, 4.69) is 49.6 Å². The van der Waals surface area contributed by atoms with Crippen LogP contribution < -0.4 is 0 Å². The molecule has 0 heterocycles. The summed E-state index contributed by atoms with van der Waals surface area (Å²) in [6, 6.07) is 13.1. The van der Waals surface area contributed by atoms with E-state index in [4.69, 9.17) is 0 Å². The van der Waals surface area contributed by atoms with Gasteiger partial charge >= 0.3 is 0 Å². The Hall–Kier alpha value is -0.950. The van der Waals surface area contributed by atoms with E-state index in [0.29, 0.717) is 0 Å². The van der Waals surface area contributed by atoms with Crippen molar-refractivity contribution in [2.24, 2.45) is 0 Å². The molecule has 0 saturated heterocycles. The van der Waals surface area contributed by atoms with E-state index >= 15 is 0 Å². The molecule has 0 aromatic heterocycles. The molecule has 2 rings (SSSR count). The summed E-state index contributed by atoms with van der Waals surface area (Å²) in [4.78, 5) is 0. The van der Waals surface area contributed by atoms with Gasteiger partial charge in [0.1, 0.15) is 0 Å². The number of rotatable bonds is 2. The third kappa shape index (κ3) is 1.78. The maximum atomic E-state index is 2.31. The molecule has 14 heavy (non-hydrogen) atoms. The van der Waals surface area contributed by atoms with E-state index in [0.717, 1.165) is 5.75 Å². The van der Waals surface area contributed by atoms with E-state index in [9.17, 15) is 0 Å². The maximum absolute atomic E-state index is 2.31. The van der Waals surface area contributed by atoms with E-state index in [-0.39, 0.29) is 0 Å². The molecule has 0 unspecified atom stereocenters. The molecule has 0 atom stereocenters. The monoisotopic (exact) mass is 202 g/mol. The lowest BCUT2D eigenvalue weighted by molar-refractivity contribution is 1.33. The molecule has 0 bridgehead atoms. The second-order valence-corrected chi connectivity index (χ2v) is 4.42. The molecular formula is C13H14S. The summed E-state index contributed by atoms with van der Waals surface area (Å²) in [6.07, 6.45) is 2.15. The normalized spacial score (nSPS) is 10.7. The summed E-state index contributed by atoms with van der Waals surface area (Å²) in [6.45, 7) is 2.19. The molecule has 0 aliphatic carbocycles. The van der Waals surface area contributed by atoms with Crippen molar-refractivity contribution in [3.63, 3.8) is 0 Å². The summed E-state index contributed by atoms with van der Waals surface area (Å²) in [5, 5.41) is 2.69. The zero-order valence-electron chi connectivity index (χ0n) is 8.58. The van der Waals surface area contributed by atoms with Crippen LogP contribution in [-0.4, -0.2) is 6.26 Å². The fourth-order valence-corrected chi connectivity index (χ4v) is 2.33. The van der Waals surface area contributed by atoms with Crippen LogP contribution in [0.25, 0.3) is 10.8 Å². The average molecular weight is 202 g/mol. The molecule has 2 aromatic carbocycles. The number of thioether (sulfide) groups is 1. The first-order valence-corrected chi connectivity index (χ1v) is 6.18. The van der Waals surface area contributed by atoms with E-state index in [1.807, 2.05) is 11.8 Å². The molecule has 0 fully saturated rings. The van der Waals surface area contributed by atoms with Gasteiger partial charge in [-0.25, -0.2) is 0 Å². The molecule has 1 heteroatoms. The van der Waals surface area contributed by atoms with Crippen molar-refractivity contribution in [3.05, 3.63) is 47.5 Å². The Labute approximate surface area is 89.3 Å². The van der Waals surface area contributed by atoms with Crippen LogP contribution >= 0.6 is 11.8 Å². The zero-order valence-corrected chi connectivity index (χ0v) is 9.40. The summed E-state index contributed by atoms with van der Waals surface area (Å²) in [5.41, 5.74) is 2.86. The van der Waals surface area contributed by atoms with Gasteiger partial charge in [-0.2, -0.15) is 11.8 Å². The third-order valence-electron chi connectivity index (χ3n) is 2.50. The molecule has 0 saturated carbocycles. The lowest BCUT2D eigenvalue weighted by Crippen LogP contribution is -1.86. The Morgan fingerprint density at radius 2 is 1.71 bits per heavy atom. The maximum Gasteiger partial charge on any atom is 0.0184 e. The largest absolute Gasteiger partial charge is 0.161 e.